The van der Waals surface area contributed by atoms with Crippen LogP contribution >= 0.6 is 0 Å². The SMILES string of the molecule is CCN1CCN(c2ncnc(Oc3ccccc3F)c2N)CC1. The maximum atomic E-state index is 13.7. The lowest BCUT2D eigenvalue weighted by Gasteiger charge is -2.35. The molecule has 2 aromatic rings. The molecule has 122 valence electrons. The summed E-state index contributed by atoms with van der Waals surface area (Å²) in [7, 11) is 0. The molecule has 1 aliphatic heterocycles. The first-order valence-electron chi connectivity index (χ1n) is 7.69. The van der Waals surface area contributed by atoms with E-state index in [1.807, 2.05) is 0 Å². The van der Waals surface area contributed by atoms with Crippen molar-refractivity contribution in [3.63, 3.8) is 0 Å². The van der Waals surface area contributed by atoms with Crippen molar-refractivity contribution in [3.8, 4) is 11.6 Å². The van der Waals surface area contributed by atoms with Crippen LogP contribution < -0.4 is 15.4 Å². The lowest BCUT2D eigenvalue weighted by Crippen LogP contribution is -2.46. The molecule has 0 atom stereocenters. The predicted octanol–water partition coefficient (Wildman–Crippen LogP) is 2.13. The lowest BCUT2D eigenvalue weighted by atomic mass is 10.3. The average Bonchev–Trinajstić information content (AvgIpc) is 2.59. The Bertz CT molecular complexity index is 673. The molecule has 1 aliphatic rings. The molecule has 1 fully saturated rings. The summed E-state index contributed by atoms with van der Waals surface area (Å²) in [6.45, 7) is 6.79. The quantitative estimate of drug-likeness (QED) is 0.932. The van der Waals surface area contributed by atoms with E-state index in [0.717, 1.165) is 32.7 Å². The summed E-state index contributed by atoms with van der Waals surface area (Å²) in [6.07, 6.45) is 1.40. The summed E-state index contributed by atoms with van der Waals surface area (Å²) in [6, 6.07) is 6.17. The number of likely N-dealkylation sites (N-methyl/N-ethyl adjacent to an activating group) is 1. The Balaban J connectivity index is 1.80. The molecule has 0 bridgehead atoms. The largest absolute Gasteiger partial charge is 0.434 e. The van der Waals surface area contributed by atoms with Gasteiger partial charge in [-0.15, -0.1) is 0 Å². The van der Waals surface area contributed by atoms with E-state index >= 15 is 0 Å². The van der Waals surface area contributed by atoms with E-state index in [9.17, 15) is 4.39 Å². The van der Waals surface area contributed by atoms with Crippen LogP contribution in [-0.2, 0) is 0 Å². The van der Waals surface area contributed by atoms with Crippen molar-refractivity contribution < 1.29 is 9.13 Å². The molecule has 2 N–H and O–H groups in total. The van der Waals surface area contributed by atoms with Crippen LogP contribution in [0.25, 0.3) is 0 Å². The summed E-state index contributed by atoms with van der Waals surface area (Å²) in [4.78, 5) is 12.8. The van der Waals surface area contributed by atoms with Crippen LogP contribution in [0.1, 0.15) is 6.92 Å². The van der Waals surface area contributed by atoms with Crippen molar-refractivity contribution in [1.82, 2.24) is 14.9 Å². The third-order valence-corrected chi connectivity index (χ3v) is 3.99. The van der Waals surface area contributed by atoms with Crippen LogP contribution in [0.2, 0.25) is 0 Å². The maximum Gasteiger partial charge on any atom is 0.248 e. The van der Waals surface area contributed by atoms with E-state index in [2.05, 4.69) is 26.7 Å². The van der Waals surface area contributed by atoms with Gasteiger partial charge in [0.15, 0.2) is 17.4 Å². The molecule has 0 radical (unpaired) electrons. The predicted molar refractivity (Wildman–Crippen MR) is 87.2 cm³/mol. The fourth-order valence-corrected chi connectivity index (χ4v) is 2.61. The third kappa shape index (κ3) is 3.34. The first-order chi connectivity index (χ1) is 11.2. The fourth-order valence-electron chi connectivity index (χ4n) is 2.61. The van der Waals surface area contributed by atoms with E-state index in [-0.39, 0.29) is 11.6 Å². The van der Waals surface area contributed by atoms with Gasteiger partial charge in [-0.3, -0.25) is 0 Å². The fraction of sp³-hybridized carbons (Fsp3) is 0.375. The second kappa shape index (κ2) is 6.78. The number of nitrogens with two attached hydrogens (primary N) is 1. The van der Waals surface area contributed by atoms with Gasteiger partial charge in [0.1, 0.15) is 12.0 Å². The van der Waals surface area contributed by atoms with Gasteiger partial charge in [0, 0.05) is 26.2 Å². The molecule has 0 saturated carbocycles. The summed E-state index contributed by atoms with van der Waals surface area (Å²) in [5, 5.41) is 0. The van der Waals surface area contributed by atoms with Crippen molar-refractivity contribution in [2.24, 2.45) is 0 Å². The monoisotopic (exact) mass is 317 g/mol. The highest BCUT2D eigenvalue weighted by atomic mass is 19.1. The maximum absolute atomic E-state index is 13.7. The molecule has 0 unspecified atom stereocenters. The van der Waals surface area contributed by atoms with Gasteiger partial charge in [-0.1, -0.05) is 19.1 Å². The number of hydrogen-bond acceptors (Lipinski definition) is 6. The number of aromatic nitrogens is 2. The van der Waals surface area contributed by atoms with E-state index in [4.69, 9.17) is 10.5 Å². The van der Waals surface area contributed by atoms with Gasteiger partial charge in [-0.05, 0) is 18.7 Å². The molecule has 3 rings (SSSR count). The highest BCUT2D eigenvalue weighted by molar-refractivity contribution is 5.68. The molecule has 7 heteroatoms. The number of nitrogens with zero attached hydrogens (tertiary/aromatic N) is 4. The average molecular weight is 317 g/mol. The lowest BCUT2D eigenvalue weighted by molar-refractivity contribution is 0.270. The number of anilines is 2. The Morgan fingerprint density at radius 2 is 1.91 bits per heavy atom. The Kier molecular flexibility index (Phi) is 4.57. The number of rotatable bonds is 4. The second-order valence-electron chi connectivity index (χ2n) is 5.37. The zero-order valence-corrected chi connectivity index (χ0v) is 13.1. The van der Waals surface area contributed by atoms with Crippen LogP contribution in [0.4, 0.5) is 15.9 Å². The van der Waals surface area contributed by atoms with Gasteiger partial charge in [-0.2, -0.15) is 4.98 Å². The van der Waals surface area contributed by atoms with Crippen LogP contribution in [-0.4, -0.2) is 47.6 Å². The van der Waals surface area contributed by atoms with Crippen molar-refractivity contribution >= 4 is 11.5 Å². The van der Waals surface area contributed by atoms with E-state index in [1.54, 1.807) is 12.1 Å². The summed E-state index contributed by atoms with van der Waals surface area (Å²) >= 11 is 0. The van der Waals surface area contributed by atoms with Crippen molar-refractivity contribution in [3.05, 3.63) is 36.4 Å². The van der Waals surface area contributed by atoms with Crippen LogP contribution in [0.3, 0.4) is 0 Å². The zero-order chi connectivity index (χ0) is 16.2. The summed E-state index contributed by atoms with van der Waals surface area (Å²) < 4.78 is 19.2. The Hall–Kier alpha value is -2.41. The number of halogens is 1. The number of para-hydroxylation sites is 1. The zero-order valence-electron chi connectivity index (χ0n) is 13.1. The minimum absolute atomic E-state index is 0.0969. The van der Waals surface area contributed by atoms with Gasteiger partial charge in [-0.25, -0.2) is 9.37 Å². The van der Waals surface area contributed by atoms with Crippen LogP contribution in [0, 0.1) is 5.82 Å². The highest BCUT2D eigenvalue weighted by Crippen LogP contribution is 2.32. The van der Waals surface area contributed by atoms with Crippen LogP contribution in [0.5, 0.6) is 11.6 Å². The Morgan fingerprint density at radius 1 is 1.17 bits per heavy atom. The number of nitrogen functional groups attached to an aromatic ring is 1. The molecular weight excluding hydrogens is 297 g/mol. The first-order valence-corrected chi connectivity index (χ1v) is 7.69. The molecule has 0 aliphatic carbocycles. The highest BCUT2D eigenvalue weighted by Gasteiger charge is 2.21. The van der Waals surface area contributed by atoms with Crippen molar-refractivity contribution in [1.29, 1.82) is 0 Å². The molecule has 6 nitrogen and oxygen atoms in total. The van der Waals surface area contributed by atoms with E-state index < -0.39 is 5.82 Å². The molecule has 2 heterocycles. The topological polar surface area (TPSA) is 67.5 Å². The van der Waals surface area contributed by atoms with Gasteiger partial charge in [0.2, 0.25) is 5.88 Å². The van der Waals surface area contributed by atoms with Gasteiger partial charge < -0.3 is 20.3 Å². The molecule has 1 saturated heterocycles. The van der Waals surface area contributed by atoms with E-state index in [1.165, 1.54) is 18.5 Å². The number of hydrogen-bond donors (Lipinski definition) is 1. The first kappa shape index (κ1) is 15.5. The molecule has 23 heavy (non-hydrogen) atoms. The molecule has 0 amide bonds. The molecule has 1 aromatic carbocycles. The van der Waals surface area contributed by atoms with Gasteiger partial charge in [0.25, 0.3) is 0 Å². The standard InChI is InChI=1S/C16H20FN5O/c1-2-21-7-9-22(10-8-21)15-14(18)16(20-11-19-15)23-13-6-4-3-5-12(13)17/h3-6,11H,2,7-10,18H2,1H3. The minimum Gasteiger partial charge on any atom is -0.434 e. The third-order valence-electron chi connectivity index (χ3n) is 3.99. The van der Waals surface area contributed by atoms with Crippen LogP contribution in [0.15, 0.2) is 30.6 Å². The van der Waals surface area contributed by atoms with E-state index in [0.29, 0.717) is 11.5 Å². The second-order valence-corrected chi connectivity index (χ2v) is 5.37. The number of benzene rings is 1. The van der Waals surface area contributed by atoms with Gasteiger partial charge in [0.05, 0.1) is 0 Å². The molecule has 1 aromatic heterocycles. The summed E-state index contributed by atoms with van der Waals surface area (Å²) in [5.41, 5.74) is 6.49. The van der Waals surface area contributed by atoms with Gasteiger partial charge >= 0.3 is 0 Å². The molecular formula is C16H20FN5O. The summed E-state index contributed by atoms with van der Waals surface area (Å²) in [5.74, 6) is 0.461. The normalized spacial score (nSPS) is 15.7. The Morgan fingerprint density at radius 3 is 2.61 bits per heavy atom. The molecule has 0 spiro atoms. The number of ether oxygens (including phenoxy) is 1. The minimum atomic E-state index is -0.455. The Labute approximate surface area is 134 Å². The van der Waals surface area contributed by atoms with Crippen molar-refractivity contribution in [2.75, 3.05) is 43.4 Å². The number of piperazine rings is 1. The smallest absolute Gasteiger partial charge is 0.248 e. The van der Waals surface area contributed by atoms with Crippen molar-refractivity contribution in [2.45, 2.75) is 6.92 Å².